The van der Waals surface area contributed by atoms with Crippen LogP contribution in [0.3, 0.4) is 0 Å². The van der Waals surface area contributed by atoms with E-state index in [2.05, 4.69) is 12.1 Å². The number of ether oxygens (including phenoxy) is 4. The molecule has 0 radical (unpaired) electrons. The van der Waals surface area contributed by atoms with Gasteiger partial charge in [-0.3, -0.25) is 4.79 Å². The first kappa shape index (κ1) is 19.8. The molecule has 1 amide bonds. The van der Waals surface area contributed by atoms with Crippen LogP contribution in [0.5, 0.6) is 0 Å². The van der Waals surface area contributed by atoms with Crippen LogP contribution in [0.1, 0.15) is 46.1 Å². The van der Waals surface area contributed by atoms with E-state index in [-0.39, 0.29) is 30.1 Å². The van der Waals surface area contributed by atoms with Gasteiger partial charge in [0.15, 0.2) is 11.6 Å². The molecule has 3 heterocycles. The predicted octanol–water partition coefficient (Wildman–Crippen LogP) is 3.10. The summed E-state index contributed by atoms with van der Waals surface area (Å²) in [5.41, 5.74) is 1.12. The first-order chi connectivity index (χ1) is 13.3. The van der Waals surface area contributed by atoms with Gasteiger partial charge in [0.2, 0.25) is 5.91 Å². The maximum Gasteiger partial charge on any atom is 0.231 e. The number of benzene rings is 1. The Bertz CT molecular complexity index is 704. The quantitative estimate of drug-likeness (QED) is 0.741. The van der Waals surface area contributed by atoms with Crippen molar-refractivity contribution in [3.63, 3.8) is 0 Å². The summed E-state index contributed by atoms with van der Waals surface area (Å²) in [7, 11) is 0. The molecule has 0 N–H and O–H groups in total. The lowest BCUT2D eigenvalue weighted by molar-refractivity contribution is -0.313. The topological polar surface area (TPSA) is 57.2 Å². The van der Waals surface area contributed by atoms with Gasteiger partial charge < -0.3 is 23.8 Å². The van der Waals surface area contributed by atoms with Gasteiger partial charge in [-0.2, -0.15) is 0 Å². The van der Waals surface area contributed by atoms with E-state index < -0.39 is 11.6 Å². The van der Waals surface area contributed by atoms with E-state index in [9.17, 15) is 4.79 Å². The average Bonchev–Trinajstić information content (AvgIpc) is 2.63. The second-order valence-corrected chi connectivity index (χ2v) is 8.85. The normalized spacial score (nSPS) is 34.7. The van der Waals surface area contributed by atoms with Crippen LogP contribution in [-0.2, 0) is 30.3 Å². The molecular weight excluding hydrogens is 358 g/mol. The summed E-state index contributed by atoms with van der Waals surface area (Å²) in [6.07, 6.45) is 1.28. The molecule has 0 saturated carbocycles. The maximum absolute atomic E-state index is 13.2. The molecule has 0 aromatic heterocycles. The zero-order valence-electron chi connectivity index (χ0n) is 17.2. The minimum Gasteiger partial charge on any atom is -0.350 e. The van der Waals surface area contributed by atoms with Crippen molar-refractivity contribution in [3.8, 4) is 0 Å². The van der Waals surface area contributed by atoms with Gasteiger partial charge in [0.05, 0.1) is 37.4 Å². The number of likely N-dealkylation sites (tertiary alicyclic amines) is 1. The first-order valence-corrected chi connectivity index (χ1v) is 10.2. The summed E-state index contributed by atoms with van der Waals surface area (Å²) in [6.45, 7) is 9.52. The number of hydrogen-bond acceptors (Lipinski definition) is 5. The average molecular weight is 389 g/mol. The van der Waals surface area contributed by atoms with Crippen molar-refractivity contribution in [1.82, 2.24) is 4.90 Å². The highest BCUT2D eigenvalue weighted by Crippen LogP contribution is 2.42. The molecule has 4 rings (SSSR count). The molecule has 154 valence electrons. The van der Waals surface area contributed by atoms with Crippen molar-refractivity contribution in [3.05, 3.63) is 35.9 Å². The summed E-state index contributed by atoms with van der Waals surface area (Å²) in [6, 6.07) is 10.1. The lowest BCUT2D eigenvalue weighted by Crippen LogP contribution is -2.71. The molecular formula is C22H31NO5. The number of nitrogens with zero attached hydrogens (tertiary/aromatic N) is 1. The smallest absolute Gasteiger partial charge is 0.231 e. The highest BCUT2D eigenvalue weighted by Gasteiger charge is 2.57. The molecule has 28 heavy (non-hydrogen) atoms. The number of hydrogen-bond donors (Lipinski definition) is 0. The van der Waals surface area contributed by atoms with Gasteiger partial charge in [-0.1, -0.05) is 30.3 Å². The summed E-state index contributed by atoms with van der Waals surface area (Å²) in [5.74, 6) is -1.36. The standard InChI is InChI=1S/C22H31NO5/c1-21(2)25-12-10-16(27-21)18-19(17-11-13-26-22(3,4)28-17)23(20(18)24)14-15-8-6-5-7-9-15/h5-9,16-19H,10-14H2,1-4H3/t16-,17+,18-,19+/m1/s1. The predicted molar refractivity (Wildman–Crippen MR) is 103 cm³/mol. The summed E-state index contributed by atoms with van der Waals surface area (Å²) < 4.78 is 23.8. The van der Waals surface area contributed by atoms with E-state index in [0.717, 1.165) is 18.4 Å². The Labute approximate surface area is 167 Å². The van der Waals surface area contributed by atoms with Crippen LogP contribution in [0.15, 0.2) is 30.3 Å². The van der Waals surface area contributed by atoms with Crippen LogP contribution in [0.25, 0.3) is 0 Å². The Hall–Kier alpha value is -1.47. The van der Waals surface area contributed by atoms with Crippen LogP contribution in [0.2, 0.25) is 0 Å². The van der Waals surface area contributed by atoms with E-state index in [0.29, 0.717) is 19.8 Å². The molecule has 0 unspecified atom stereocenters. The van der Waals surface area contributed by atoms with Gasteiger partial charge in [0.1, 0.15) is 0 Å². The van der Waals surface area contributed by atoms with Gasteiger partial charge in [0, 0.05) is 6.54 Å². The van der Waals surface area contributed by atoms with E-state index >= 15 is 0 Å². The fraction of sp³-hybridized carbons (Fsp3) is 0.682. The Morgan fingerprint density at radius 1 is 0.929 bits per heavy atom. The molecule has 3 aliphatic rings. The second-order valence-electron chi connectivity index (χ2n) is 8.85. The van der Waals surface area contributed by atoms with Gasteiger partial charge in [-0.25, -0.2) is 0 Å². The molecule has 0 aliphatic carbocycles. The van der Waals surface area contributed by atoms with Crippen molar-refractivity contribution in [2.24, 2.45) is 5.92 Å². The maximum atomic E-state index is 13.2. The van der Waals surface area contributed by atoms with Crippen molar-refractivity contribution >= 4 is 5.91 Å². The minimum atomic E-state index is -0.663. The zero-order valence-corrected chi connectivity index (χ0v) is 17.2. The Kier molecular flexibility index (Phi) is 5.25. The minimum absolute atomic E-state index is 0.0187. The molecule has 6 nitrogen and oxygen atoms in total. The number of rotatable bonds is 4. The lowest BCUT2D eigenvalue weighted by Gasteiger charge is -2.56. The summed E-state index contributed by atoms with van der Waals surface area (Å²) in [4.78, 5) is 15.2. The molecule has 0 bridgehead atoms. The number of carbonyl (C=O) groups excluding carboxylic acids is 1. The van der Waals surface area contributed by atoms with Crippen molar-refractivity contribution in [2.75, 3.05) is 13.2 Å². The van der Waals surface area contributed by atoms with Crippen molar-refractivity contribution in [1.29, 1.82) is 0 Å². The first-order valence-electron chi connectivity index (χ1n) is 10.2. The summed E-state index contributed by atoms with van der Waals surface area (Å²) in [5, 5.41) is 0. The van der Waals surface area contributed by atoms with E-state index in [1.807, 2.05) is 50.8 Å². The van der Waals surface area contributed by atoms with Gasteiger partial charge in [-0.05, 0) is 46.1 Å². The van der Waals surface area contributed by atoms with Gasteiger partial charge in [-0.15, -0.1) is 0 Å². The summed E-state index contributed by atoms with van der Waals surface area (Å²) >= 11 is 0. The molecule has 1 aromatic carbocycles. The van der Waals surface area contributed by atoms with Crippen LogP contribution >= 0.6 is 0 Å². The van der Waals surface area contributed by atoms with E-state index in [1.54, 1.807) is 0 Å². The molecule has 3 saturated heterocycles. The van der Waals surface area contributed by atoms with Crippen molar-refractivity contribution < 1.29 is 23.7 Å². The van der Waals surface area contributed by atoms with Gasteiger partial charge in [0.25, 0.3) is 0 Å². The Morgan fingerprint density at radius 2 is 1.50 bits per heavy atom. The largest absolute Gasteiger partial charge is 0.350 e. The Balaban J connectivity index is 1.57. The third kappa shape index (κ3) is 3.96. The van der Waals surface area contributed by atoms with Crippen LogP contribution in [0.4, 0.5) is 0 Å². The molecule has 1 aromatic rings. The van der Waals surface area contributed by atoms with Crippen LogP contribution < -0.4 is 0 Å². The Morgan fingerprint density at radius 3 is 2.11 bits per heavy atom. The van der Waals surface area contributed by atoms with Crippen molar-refractivity contribution in [2.45, 2.75) is 76.9 Å². The fourth-order valence-corrected chi connectivity index (χ4v) is 4.62. The molecule has 3 fully saturated rings. The van der Waals surface area contributed by atoms with Gasteiger partial charge >= 0.3 is 0 Å². The van der Waals surface area contributed by atoms with Crippen LogP contribution in [-0.4, -0.2) is 53.8 Å². The second kappa shape index (κ2) is 7.41. The third-order valence-electron chi connectivity index (χ3n) is 5.85. The molecule has 0 spiro atoms. The number of carbonyl (C=O) groups is 1. The lowest BCUT2D eigenvalue weighted by atomic mass is 9.76. The third-order valence-corrected chi connectivity index (χ3v) is 5.85. The van der Waals surface area contributed by atoms with Crippen LogP contribution in [0, 0.1) is 5.92 Å². The highest BCUT2D eigenvalue weighted by molar-refractivity contribution is 5.87. The number of amides is 1. The fourth-order valence-electron chi connectivity index (χ4n) is 4.62. The monoisotopic (exact) mass is 389 g/mol. The molecule has 6 heteroatoms. The molecule has 4 atom stereocenters. The SMILES string of the molecule is CC1(C)OCC[C@@H]([C@H]2[C@@H]([C@H]3CCOC(C)(C)O3)C(=O)N2Cc2ccccc2)O1. The highest BCUT2D eigenvalue weighted by atomic mass is 16.7. The van der Waals surface area contributed by atoms with E-state index in [4.69, 9.17) is 18.9 Å². The number of β-lactam (4-membered cyclic amide) rings is 1. The zero-order chi connectivity index (χ0) is 19.9. The van der Waals surface area contributed by atoms with E-state index in [1.165, 1.54) is 0 Å². The molecule has 3 aliphatic heterocycles.